The Morgan fingerprint density at radius 3 is 2.48 bits per heavy atom. The van der Waals surface area contributed by atoms with Crippen molar-refractivity contribution in [2.24, 2.45) is 16.0 Å². The highest BCUT2D eigenvalue weighted by molar-refractivity contribution is 6.00. The summed E-state index contributed by atoms with van der Waals surface area (Å²) in [7, 11) is 0. The van der Waals surface area contributed by atoms with Gasteiger partial charge in [-0.3, -0.25) is 14.9 Å². The lowest BCUT2D eigenvalue weighted by Gasteiger charge is -2.35. The number of nitrogens with two attached hydrogens (primary N) is 1. The minimum Gasteiger partial charge on any atom is -0.377 e. The van der Waals surface area contributed by atoms with E-state index in [0.717, 1.165) is 17.5 Å². The van der Waals surface area contributed by atoms with E-state index in [9.17, 15) is 14.9 Å². The van der Waals surface area contributed by atoms with Crippen LogP contribution in [-0.4, -0.2) is 16.4 Å². The predicted molar refractivity (Wildman–Crippen MR) is 101 cm³/mol. The van der Waals surface area contributed by atoms with Crippen LogP contribution in [-0.2, 0) is 11.2 Å². The normalized spacial score (nSPS) is 17.1. The molecule has 2 aromatic carbocycles. The molecule has 0 aliphatic carbocycles. The topological polar surface area (TPSA) is 123 Å². The number of nitro benzene ring substituents is 1. The SMILES string of the molecule is CC1(C)Cc2ccccc2/C(=C(\N=N\c2ccc([N+](=O)[O-])cc2)C(N)=O)N1. The fourth-order valence-corrected chi connectivity index (χ4v) is 3.00. The Hall–Kier alpha value is -3.55. The first-order valence-corrected chi connectivity index (χ1v) is 8.33. The zero-order valence-electron chi connectivity index (χ0n) is 15.0. The number of carbonyl (C=O) groups is 1. The van der Waals surface area contributed by atoms with Crippen LogP contribution in [0.5, 0.6) is 0 Å². The lowest BCUT2D eigenvalue weighted by atomic mass is 9.85. The molecule has 2 aromatic rings. The van der Waals surface area contributed by atoms with Crippen molar-refractivity contribution >= 4 is 23.0 Å². The third-order valence-corrected chi connectivity index (χ3v) is 4.18. The highest BCUT2D eigenvalue weighted by Crippen LogP contribution is 2.32. The number of rotatable bonds is 4. The van der Waals surface area contributed by atoms with E-state index in [1.165, 1.54) is 24.3 Å². The zero-order chi connectivity index (χ0) is 19.6. The molecule has 1 heterocycles. The quantitative estimate of drug-likeness (QED) is 0.373. The molecule has 0 bridgehead atoms. The maximum absolute atomic E-state index is 12.1. The van der Waals surface area contributed by atoms with Gasteiger partial charge >= 0.3 is 0 Å². The number of nitro groups is 1. The minimum absolute atomic E-state index is 0.00794. The average molecular weight is 365 g/mol. The summed E-state index contributed by atoms with van der Waals surface area (Å²) in [6, 6.07) is 13.3. The van der Waals surface area contributed by atoms with Crippen molar-refractivity contribution < 1.29 is 9.72 Å². The number of hydrogen-bond donors (Lipinski definition) is 2. The Labute approximate surface area is 155 Å². The number of fused-ring (bicyclic) bond motifs is 1. The number of azo groups is 1. The van der Waals surface area contributed by atoms with Crippen molar-refractivity contribution in [1.82, 2.24) is 5.32 Å². The molecule has 27 heavy (non-hydrogen) atoms. The fraction of sp³-hybridized carbons (Fsp3) is 0.211. The second-order valence-corrected chi connectivity index (χ2v) is 6.90. The van der Waals surface area contributed by atoms with Gasteiger partial charge in [-0.2, -0.15) is 5.11 Å². The van der Waals surface area contributed by atoms with E-state index in [1.54, 1.807) is 0 Å². The van der Waals surface area contributed by atoms with Crippen LogP contribution < -0.4 is 11.1 Å². The largest absolute Gasteiger partial charge is 0.377 e. The standard InChI is InChI=1S/C19H19N5O3/c1-19(2)11-12-5-3-4-6-15(12)16(21-19)17(18(20)25)23-22-13-7-9-14(10-8-13)24(26)27/h3-10,21H,11H2,1-2H3,(H2,20,25)/b17-16+,23-22+. The number of benzene rings is 2. The van der Waals surface area contributed by atoms with Crippen LogP contribution in [0, 0.1) is 10.1 Å². The monoisotopic (exact) mass is 365 g/mol. The lowest BCUT2D eigenvalue weighted by Crippen LogP contribution is -2.44. The average Bonchev–Trinajstić information content (AvgIpc) is 2.61. The van der Waals surface area contributed by atoms with Gasteiger partial charge in [0.05, 0.1) is 16.3 Å². The molecule has 0 radical (unpaired) electrons. The van der Waals surface area contributed by atoms with Gasteiger partial charge in [0.25, 0.3) is 11.6 Å². The summed E-state index contributed by atoms with van der Waals surface area (Å²) in [4.78, 5) is 22.3. The van der Waals surface area contributed by atoms with Crippen LogP contribution in [0.2, 0.25) is 0 Å². The Kier molecular flexibility index (Phi) is 4.72. The van der Waals surface area contributed by atoms with Gasteiger partial charge < -0.3 is 11.1 Å². The number of nitrogens with zero attached hydrogens (tertiary/aromatic N) is 3. The highest BCUT2D eigenvalue weighted by atomic mass is 16.6. The summed E-state index contributed by atoms with van der Waals surface area (Å²) in [6.07, 6.45) is 0.790. The van der Waals surface area contributed by atoms with Crippen molar-refractivity contribution in [2.45, 2.75) is 25.8 Å². The molecule has 0 aromatic heterocycles. The van der Waals surface area contributed by atoms with E-state index in [-0.39, 0.29) is 16.9 Å². The number of hydrogen-bond acceptors (Lipinski definition) is 6. The van der Waals surface area contributed by atoms with Crippen LogP contribution in [0.4, 0.5) is 11.4 Å². The van der Waals surface area contributed by atoms with Gasteiger partial charge in [0.1, 0.15) is 0 Å². The fourth-order valence-electron chi connectivity index (χ4n) is 3.00. The summed E-state index contributed by atoms with van der Waals surface area (Å²) < 4.78 is 0. The van der Waals surface area contributed by atoms with Crippen LogP contribution >= 0.6 is 0 Å². The molecular weight excluding hydrogens is 346 g/mol. The molecule has 1 aliphatic rings. The maximum atomic E-state index is 12.1. The Bertz CT molecular complexity index is 962. The second-order valence-electron chi connectivity index (χ2n) is 6.90. The third kappa shape index (κ3) is 4.00. The molecule has 0 saturated carbocycles. The third-order valence-electron chi connectivity index (χ3n) is 4.18. The minimum atomic E-state index is -0.712. The molecule has 1 aliphatic heterocycles. The van der Waals surface area contributed by atoms with Gasteiger partial charge in [-0.15, -0.1) is 5.11 Å². The molecule has 0 atom stereocenters. The van der Waals surface area contributed by atoms with E-state index in [0.29, 0.717) is 11.4 Å². The molecule has 0 spiro atoms. The van der Waals surface area contributed by atoms with Gasteiger partial charge in [0.2, 0.25) is 0 Å². The van der Waals surface area contributed by atoms with E-state index < -0.39 is 10.8 Å². The number of nitrogens with one attached hydrogen (secondary N) is 1. The summed E-state index contributed by atoms with van der Waals surface area (Å²) in [5, 5.41) is 22.1. The van der Waals surface area contributed by atoms with E-state index in [4.69, 9.17) is 5.73 Å². The first-order valence-electron chi connectivity index (χ1n) is 8.33. The van der Waals surface area contributed by atoms with Gasteiger partial charge in [-0.1, -0.05) is 24.3 Å². The maximum Gasteiger partial charge on any atom is 0.271 e. The van der Waals surface area contributed by atoms with Gasteiger partial charge in [0.15, 0.2) is 5.70 Å². The van der Waals surface area contributed by atoms with Crippen LogP contribution in [0.25, 0.3) is 5.70 Å². The molecule has 0 saturated heterocycles. The molecule has 0 unspecified atom stereocenters. The van der Waals surface area contributed by atoms with Crippen molar-refractivity contribution in [2.75, 3.05) is 0 Å². The first-order chi connectivity index (χ1) is 12.8. The van der Waals surface area contributed by atoms with Crippen molar-refractivity contribution in [3.63, 3.8) is 0 Å². The van der Waals surface area contributed by atoms with Crippen molar-refractivity contribution in [1.29, 1.82) is 0 Å². The number of carbonyl (C=O) groups excluding carboxylic acids is 1. The first kappa shape index (κ1) is 18.2. The van der Waals surface area contributed by atoms with Crippen LogP contribution in [0.1, 0.15) is 25.0 Å². The Morgan fingerprint density at radius 2 is 1.85 bits per heavy atom. The lowest BCUT2D eigenvalue weighted by molar-refractivity contribution is -0.384. The molecule has 138 valence electrons. The summed E-state index contributed by atoms with van der Waals surface area (Å²) in [5.41, 5.74) is 8.08. The number of amides is 1. The molecule has 8 heteroatoms. The molecule has 1 amide bonds. The highest BCUT2D eigenvalue weighted by Gasteiger charge is 2.30. The number of non-ortho nitro benzene ring substituents is 1. The predicted octanol–water partition coefficient (Wildman–Crippen LogP) is 3.46. The molecule has 3 rings (SSSR count). The van der Waals surface area contributed by atoms with E-state index in [1.807, 2.05) is 38.1 Å². The second kappa shape index (κ2) is 6.99. The van der Waals surface area contributed by atoms with Gasteiger partial charge in [-0.05, 0) is 38.0 Å². The smallest absolute Gasteiger partial charge is 0.271 e. The number of primary amides is 1. The zero-order valence-corrected chi connectivity index (χ0v) is 15.0. The molecule has 8 nitrogen and oxygen atoms in total. The van der Waals surface area contributed by atoms with Gasteiger partial charge in [-0.25, -0.2) is 0 Å². The van der Waals surface area contributed by atoms with E-state index >= 15 is 0 Å². The van der Waals surface area contributed by atoms with Crippen LogP contribution in [0.3, 0.4) is 0 Å². The van der Waals surface area contributed by atoms with E-state index in [2.05, 4.69) is 15.5 Å². The Morgan fingerprint density at radius 1 is 1.19 bits per heavy atom. The summed E-state index contributed by atoms with van der Waals surface area (Å²) >= 11 is 0. The van der Waals surface area contributed by atoms with Gasteiger partial charge in [0, 0.05) is 23.2 Å². The van der Waals surface area contributed by atoms with Crippen molar-refractivity contribution in [3.8, 4) is 0 Å². The Balaban J connectivity index is 2.04. The van der Waals surface area contributed by atoms with Crippen LogP contribution in [0.15, 0.2) is 64.5 Å². The summed E-state index contributed by atoms with van der Waals surface area (Å²) in [5.74, 6) is -0.712. The molecule has 0 fully saturated rings. The molecular formula is C19H19N5O3. The summed E-state index contributed by atoms with van der Waals surface area (Å²) in [6.45, 7) is 4.05. The van der Waals surface area contributed by atoms with Crippen molar-refractivity contribution in [3.05, 3.63) is 75.5 Å². The molecule has 3 N–H and O–H groups in total.